The fourth-order valence-electron chi connectivity index (χ4n) is 1.54. The Morgan fingerprint density at radius 1 is 1.60 bits per heavy atom. The van der Waals surface area contributed by atoms with E-state index in [2.05, 4.69) is 21.0 Å². The first-order valence-corrected chi connectivity index (χ1v) is 5.65. The van der Waals surface area contributed by atoms with Crippen LogP contribution >= 0.6 is 27.5 Å². The summed E-state index contributed by atoms with van der Waals surface area (Å²) in [6.45, 7) is 2.58. The van der Waals surface area contributed by atoms with Gasteiger partial charge in [0.15, 0.2) is 6.29 Å². The molecule has 1 heterocycles. The van der Waals surface area contributed by atoms with Gasteiger partial charge in [-0.15, -0.1) is 0 Å². The van der Waals surface area contributed by atoms with Crippen molar-refractivity contribution in [2.75, 3.05) is 0 Å². The van der Waals surface area contributed by atoms with E-state index in [0.29, 0.717) is 22.6 Å². The number of nitrogens with zero attached hydrogens (tertiary/aromatic N) is 2. The molecule has 0 aliphatic heterocycles. The van der Waals surface area contributed by atoms with Gasteiger partial charge in [0.05, 0.1) is 15.9 Å². The Morgan fingerprint density at radius 2 is 2.33 bits per heavy atom. The zero-order valence-corrected chi connectivity index (χ0v) is 10.3. The number of carbonyl (C=O) groups excluding carboxylic acids is 1. The molecule has 0 aliphatic rings. The van der Waals surface area contributed by atoms with Crippen LogP contribution in [0.1, 0.15) is 17.4 Å². The molecule has 2 rings (SSSR count). The first kappa shape index (κ1) is 10.6. The van der Waals surface area contributed by atoms with Crippen molar-refractivity contribution >= 4 is 44.7 Å². The van der Waals surface area contributed by atoms with Gasteiger partial charge in [-0.1, -0.05) is 11.6 Å². The minimum Gasteiger partial charge on any atom is -0.296 e. The van der Waals surface area contributed by atoms with Gasteiger partial charge in [0.1, 0.15) is 5.69 Å². The summed E-state index contributed by atoms with van der Waals surface area (Å²) in [5, 5.41) is 5.53. The number of hydrogen-bond acceptors (Lipinski definition) is 2. The van der Waals surface area contributed by atoms with Crippen LogP contribution in [0.15, 0.2) is 16.6 Å². The Hall–Kier alpha value is -0.870. The third kappa shape index (κ3) is 1.58. The number of fused-ring (bicyclic) bond motifs is 1. The fourth-order valence-corrected chi connectivity index (χ4v) is 2.13. The lowest BCUT2D eigenvalue weighted by Crippen LogP contribution is -2.01. The van der Waals surface area contributed by atoms with Crippen LogP contribution in [0.2, 0.25) is 5.02 Å². The lowest BCUT2D eigenvalue weighted by atomic mass is 10.2. The van der Waals surface area contributed by atoms with Crippen molar-refractivity contribution in [1.29, 1.82) is 0 Å². The number of hydrogen-bond donors (Lipinski definition) is 0. The molecule has 15 heavy (non-hydrogen) atoms. The molecule has 1 aromatic carbocycles. The second-order valence-electron chi connectivity index (χ2n) is 3.07. The standard InChI is InChI=1S/C10H8BrClN2O/c1-2-14-8(5-15)9-7(13-14)4-3-6(11)10(9)12/h3-5H,2H2,1H3. The van der Waals surface area contributed by atoms with E-state index in [4.69, 9.17) is 11.6 Å². The highest BCUT2D eigenvalue weighted by atomic mass is 79.9. The van der Waals surface area contributed by atoms with Gasteiger partial charge in [-0.2, -0.15) is 5.10 Å². The average molecular weight is 288 g/mol. The highest BCUT2D eigenvalue weighted by molar-refractivity contribution is 9.10. The van der Waals surface area contributed by atoms with Gasteiger partial charge in [-0.25, -0.2) is 0 Å². The van der Waals surface area contributed by atoms with Crippen molar-refractivity contribution in [3.05, 3.63) is 27.3 Å². The Bertz CT molecular complexity index is 536. The van der Waals surface area contributed by atoms with Crippen LogP contribution in [0.5, 0.6) is 0 Å². The lowest BCUT2D eigenvalue weighted by Gasteiger charge is -1.98. The molecule has 78 valence electrons. The maximum atomic E-state index is 11.0. The maximum absolute atomic E-state index is 11.0. The van der Waals surface area contributed by atoms with Crippen LogP contribution < -0.4 is 0 Å². The van der Waals surface area contributed by atoms with Crippen molar-refractivity contribution < 1.29 is 4.79 Å². The van der Waals surface area contributed by atoms with Crippen molar-refractivity contribution in [2.24, 2.45) is 0 Å². The van der Waals surface area contributed by atoms with Gasteiger partial charge >= 0.3 is 0 Å². The first-order chi connectivity index (χ1) is 7.19. The zero-order valence-electron chi connectivity index (χ0n) is 8.00. The molecule has 0 atom stereocenters. The smallest absolute Gasteiger partial charge is 0.168 e. The molecule has 0 fully saturated rings. The molecule has 5 heteroatoms. The van der Waals surface area contributed by atoms with Crippen molar-refractivity contribution in [3.63, 3.8) is 0 Å². The largest absolute Gasteiger partial charge is 0.296 e. The van der Waals surface area contributed by atoms with Crippen LogP contribution in [0, 0.1) is 0 Å². The number of rotatable bonds is 2. The van der Waals surface area contributed by atoms with E-state index in [0.717, 1.165) is 16.3 Å². The SMILES string of the molecule is CCn1nc2ccc(Br)c(Cl)c2c1C=O. The molecule has 0 N–H and O–H groups in total. The van der Waals surface area contributed by atoms with Crippen LogP contribution in [-0.2, 0) is 6.54 Å². The summed E-state index contributed by atoms with van der Waals surface area (Å²) in [5.74, 6) is 0. The minimum atomic E-state index is 0.527. The number of benzene rings is 1. The molecule has 1 aromatic heterocycles. The molecule has 0 aliphatic carbocycles. The monoisotopic (exact) mass is 286 g/mol. The van der Waals surface area contributed by atoms with Gasteiger partial charge < -0.3 is 0 Å². The van der Waals surface area contributed by atoms with E-state index in [1.165, 1.54) is 0 Å². The van der Waals surface area contributed by atoms with E-state index >= 15 is 0 Å². The molecule has 0 amide bonds. The van der Waals surface area contributed by atoms with E-state index < -0.39 is 0 Å². The summed E-state index contributed by atoms with van der Waals surface area (Å²) in [5.41, 5.74) is 1.27. The molecule has 0 saturated carbocycles. The van der Waals surface area contributed by atoms with Crippen molar-refractivity contribution in [1.82, 2.24) is 9.78 Å². The number of aromatic nitrogens is 2. The number of halogens is 2. The summed E-state index contributed by atoms with van der Waals surface area (Å²) >= 11 is 9.45. The molecule has 0 spiro atoms. The number of carbonyl (C=O) groups is 1. The minimum absolute atomic E-state index is 0.527. The third-order valence-corrected chi connectivity index (χ3v) is 3.53. The van der Waals surface area contributed by atoms with Crippen LogP contribution in [0.25, 0.3) is 10.9 Å². The second kappa shape index (κ2) is 3.94. The molecule has 2 aromatic rings. The third-order valence-electron chi connectivity index (χ3n) is 2.25. The molecular formula is C10H8BrClN2O. The molecular weight excluding hydrogens is 279 g/mol. The molecule has 0 unspecified atom stereocenters. The van der Waals surface area contributed by atoms with E-state index in [-0.39, 0.29) is 0 Å². The van der Waals surface area contributed by atoms with E-state index in [1.807, 2.05) is 19.1 Å². The second-order valence-corrected chi connectivity index (χ2v) is 4.31. The van der Waals surface area contributed by atoms with Gasteiger partial charge in [-0.05, 0) is 35.0 Å². The maximum Gasteiger partial charge on any atom is 0.168 e. The summed E-state index contributed by atoms with van der Waals surface area (Å²) in [6.07, 6.45) is 0.789. The number of aldehydes is 1. The molecule has 3 nitrogen and oxygen atoms in total. The Balaban J connectivity index is 2.91. The lowest BCUT2D eigenvalue weighted by molar-refractivity contribution is 0.111. The molecule has 0 bridgehead atoms. The van der Waals surface area contributed by atoms with Crippen LogP contribution in [-0.4, -0.2) is 16.1 Å². The predicted molar refractivity (Wildman–Crippen MR) is 63.5 cm³/mol. The Labute approximate surface area is 100 Å². The highest BCUT2D eigenvalue weighted by Crippen LogP contribution is 2.32. The van der Waals surface area contributed by atoms with E-state index in [1.54, 1.807) is 4.68 Å². The van der Waals surface area contributed by atoms with Crippen molar-refractivity contribution in [2.45, 2.75) is 13.5 Å². The van der Waals surface area contributed by atoms with Gasteiger partial charge in [0, 0.05) is 11.0 Å². The summed E-state index contributed by atoms with van der Waals surface area (Å²) in [4.78, 5) is 11.0. The molecule has 0 saturated heterocycles. The number of aryl methyl sites for hydroxylation is 1. The topological polar surface area (TPSA) is 34.9 Å². The van der Waals surface area contributed by atoms with Crippen molar-refractivity contribution in [3.8, 4) is 0 Å². The Kier molecular flexibility index (Phi) is 2.80. The van der Waals surface area contributed by atoms with E-state index in [9.17, 15) is 4.79 Å². The zero-order chi connectivity index (χ0) is 11.0. The van der Waals surface area contributed by atoms with Gasteiger partial charge in [-0.3, -0.25) is 9.48 Å². The summed E-state index contributed by atoms with van der Waals surface area (Å²) < 4.78 is 2.42. The first-order valence-electron chi connectivity index (χ1n) is 4.48. The molecule has 0 radical (unpaired) electrons. The van der Waals surface area contributed by atoms with Crippen LogP contribution in [0.3, 0.4) is 0 Å². The Morgan fingerprint density at radius 3 is 2.93 bits per heavy atom. The van der Waals surface area contributed by atoms with Gasteiger partial charge in [0.25, 0.3) is 0 Å². The summed E-state index contributed by atoms with van der Waals surface area (Å²) in [7, 11) is 0. The van der Waals surface area contributed by atoms with Crippen LogP contribution in [0.4, 0.5) is 0 Å². The average Bonchev–Trinajstić information content (AvgIpc) is 2.61. The normalized spacial score (nSPS) is 10.9. The predicted octanol–water partition coefficient (Wildman–Crippen LogP) is 3.28. The summed E-state index contributed by atoms with van der Waals surface area (Å²) in [6, 6.07) is 3.66. The fraction of sp³-hybridized carbons (Fsp3) is 0.200. The van der Waals surface area contributed by atoms with Gasteiger partial charge in [0.2, 0.25) is 0 Å². The highest BCUT2D eigenvalue weighted by Gasteiger charge is 2.14. The quantitative estimate of drug-likeness (QED) is 0.795.